The van der Waals surface area contributed by atoms with Crippen LogP contribution in [-0.4, -0.2) is 22.5 Å². The van der Waals surface area contributed by atoms with Crippen molar-refractivity contribution >= 4 is 22.7 Å². The molecule has 0 saturated heterocycles. The Morgan fingerprint density at radius 2 is 2.22 bits per heavy atom. The van der Waals surface area contributed by atoms with Gasteiger partial charge in [0.1, 0.15) is 0 Å². The Morgan fingerprint density at radius 1 is 1.33 bits per heavy atom. The summed E-state index contributed by atoms with van der Waals surface area (Å²) in [4.78, 5) is 3.33. The highest BCUT2D eigenvalue weighted by molar-refractivity contribution is 8.00. The summed E-state index contributed by atoms with van der Waals surface area (Å²) in [5.41, 5.74) is 2.64. The molecule has 0 spiro atoms. The van der Waals surface area contributed by atoms with Crippen molar-refractivity contribution in [2.45, 2.75) is 30.6 Å². The third kappa shape index (κ3) is 2.17. The number of hydrogen-bond acceptors (Lipinski definition) is 2. The van der Waals surface area contributed by atoms with Crippen LogP contribution in [0.4, 0.5) is 0 Å². The number of aromatic amines is 1. The third-order valence-corrected chi connectivity index (χ3v) is 5.55. The first-order valence-corrected chi connectivity index (χ1v) is 7.86. The smallest absolute Gasteiger partial charge is 0.0499 e. The van der Waals surface area contributed by atoms with E-state index in [0.717, 1.165) is 13.1 Å². The Morgan fingerprint density at radius 3 is 2.94 bits per heavy atom. The van der Waals surface area contributed by atoms with E-state index in [4.69, 9.17) is 0 Å². The van der Waals surface area contributed by atoms with Gasteiger partial charge in [-0.25, -0.2) is 0 Å². The monoisotopic (exact) mass is 260 g/mol. The lowest BCUT2D eigenvalue weighted by molar-refractivity contribution is 0.345. The van der Waals surface area contributed by atoms with E-state index in [0.29, 0.717) is 4.75 Å². The molecule has 0 radical (unpaired) electrons. The fourth-order valence-corrected chi connectivity index (χ4v) is 3.69. The predicted octanol–water partition coefficient (Wildman–Crippen LogP) is 3.54. The van der Waals surface area contributed by atoms with Gasteiger partial charge in [-0.05, 0) is 36.1 Å². The number of rotatable bonds is 5. The Hall–Kier alpha value is -0.930. The highest BCUT2D eigenvalue weighted by atomic mass is 32.2. The number of aromatic nitrogens is 1. The fourth-order valence-electron chi connectivity index (χ4n) is 2.75. The standard InChI is InChI=1S/C15H20N2S/c1-18-15(7-3-8-15)11-16-10-13-5-2-4-12-6-9-17-14(12)13/h2,4-6,9,16-17H,3,7-8,10-11H2,1H3. The minimum atomic E-state index is 0.517. The van der Waals surface area contributed by atoms with E-state index in [2.05, 4.69) is 40.8 Å². The zero-order valence-corrected chi connectivity index (χ0v) is 11.6. The Balaban J connectivity index is 1.64. The molecule has 0 unspecified atom stereocenters. The van der Waals surface area contributed by atoms with Crippen LogP contribution in [0.3, 0.4) is 0 Å². The largest absolute Gasteiger partial charge is 0.361 e. The van der Waals surface area contributed by atoms with Crippen LogP contribution in [0.25, 0.3) is 10.9 Å². The van der Waals surface area contributed by atoms with E-state index in [1.54, 1.807) is 0 Å². The van der Waals surface area contributed by atoms with Crippen molar-refractivity contribution in [1.82, 2.24) is 10.3 Å². The second-order valence-corrected chi connectivity index (χ2v) is 6.48. The van der Waals surface area contributed by atoms with Crippen LogP contribution < -0.4 is 5.32 Å². The van der Waals surface area contributed by atoms with E-state index in [1.165, 1.54) is 35.7 Å². The molecule has 18 heavy (non-hydrogen) atoms. The van der Waals surface area contributed by atoms with Gasteiger partial charge in [0.2, 0.25) is 0 Å². The molecule has 3 heteroatoms. The quantitative estimate of drug-likeness (QED) is 0.860. The summed E-state index contributed by atoms with van der Waals surface area (Å²) in [5.74, 6) is 0. The lowest BCUT2D eigenvalue weighted by atomic mass is 9.84. The maximum Gasteiger partial charge on any atom is 0.0499 e. The van der Waals surface area contributed by atoms with Gasteiger partial charge >= 0.3 is 0 Å². The molecule has 1 aliphatic carbocycles. The zero-order valence-electron chi connectivity index (χ0n) is 10.8. The van der Waals surface area contributed by atoms with Crippen molar-refractivity contribution in [2.24, 2.45) is 0 Å². The van der Waals surface area contributed by atoms with Crippen molar-refractivity contribution in [3.8, 4) is 0 Å². The summed E-state index contributed by atoms with van der Waals surface area (Å²) >= 11 is 2.03. The number of benzene rings is 1. The van der Waals surface area contributed by atoms with Gasteiger partial charge in [0, 0.05) is 29.6 Å². The van der Waals surface area contributed by atoms with E-state index in [9.17, 15) is 0 Å². The predicted molar refractivity (Wildman–Crippen MR) is 80.1 cm³/mol. The molecule has 2 N–H and O–H groups in total. The van der Waals surface area contributed by atoms with Crippen molar-refractivity contribution in [3.63, 3.8) is 0 Å². The van der Waals surface area contributed by atoms with Gasteiger partial charge in [0.05, 0.1) is 0 Å². The number of hydrogen-bond donors (Lipinski definition) is 2. The second-order valence-electron chi connectivity index (χ2n) is 5.20. The summed E-state index contributed by atoms with van der Waals surface area (Å²) in [6.07, 6.45) is 8.40. The lowest BCUT2D eigenvalue weighted by Crippen LogP contribution is -2.43. The van der Waals surface area contributed by atoms with Crippen LogP contribution in [0.1, 0.15) is 24.8 Å². The van der Waals surface area contributed by atoms with Crippen molar-refractivity contribution in [3.05, 3.63) is 36.0 Å². The second kappa shape index (κ2) is 4.98. The van der Waals surface area contributed by atoms with Gasteiger partial charge in [-0.1, -0.05) is 24.6 Å². The first-order valence-electron chi connectivity index (χ1n) is 6.64. The average Bonchev–Trinajstić information content (AvgIpc) is 2.81. The molecular weight excluding hydrogens is 240 g/mol. The highest BCUT2D eigenvalue weighted by Gasteiger charge is 2.35. The first kappa shape index (κ1) is 12.1. The molecule has 1 aromatic heterocycles. The molecule has 96 valence electrons. The topological polar surface area (TPSA) is 27.8 Å². The fraction of sp³-hybridized carbons (Fsp3) is 0.467. The van der Waals surface area contributed by atoms with Crippen LogP contribution in [0.5, 0.6) is 0 Å². The van der Waals surface area contributed by atoms with E-state index >= 15 is 0 Å². The Kier molecular flexibility index (Phi) is 3.35. The lowest BCUT2D eigenvalue weighted by Gasteiger charge is -2.40. The Labute approximate surface area is 113 Å². The molecule has 1 saturated carbocycles. The molecule has 2 aromatic rings. The third-order valence-electron chi connectivity index (χ3n) is 4.13. The van der Waals surface area contributed by atoms with E-state index in [-0.39, 0.29) is 0 Å². The molecule has 3 rings (SSSR count). The van der Waals surface area contributed by atoms with Crippen molar-refractivity contribution in [1.29, 1.82) is 0 Å². The molecule has 0 atom stereocenters. The minimum Gasteiger partial charge on any atom is -0.361 e. The van der Waals surface area contributed by atoms with Crippen LogP contribution in [0, 0.1) is 0 Å². The summed E-state index contributed by atoms with van der Waals surface area (Å²) in [6.45, 7) is 2.09. The van der Waals surface area contributed by atoms with Gasteiger partial charge < -0.3 is 10.3 Å². The van der Waals surface area contributed by atoms with Crippen LogP contribution in [-0.2, 0) is 6.54 Å². The van der Waals surface area contributed by atoms with E-state index < -0.39 is 0 Å². The molecular formula is C15H20N2S. The summed E-state index contributed by atoms with van der Waals surface area (Å²) < 4.78 is 0.517. The van der Waals surface area contributed by atoms with Crippen molar-refractivity contribution in [2.75, 3.05) is 12.8 Å². The van der Waals surface area contributed by atoms with Gasteiger partial charge in [0.25, 0.3) is 0 Å². The number of para-hydroxylation sites is 1. The van der Waals surface area contributed by atoms with Gasteiger partial charge in [-0.3, -0.25) is 0 Å². The molecule has 0 bridgehead atoms. The maximum atomic E-state index is 3.64. The van der Waals surface area contributed by atoms with Crippen LogP contribution in [0.2, 0.25) is 0 Å². The molecule has 1 fully saturated rings. The summed E-state index contributed by atoms with van der Waals surface area (Å²) in [7, 11) is 0. The normalized spacial score (nSPS) is 17.8. The van der Waals surface area contributed by atoms with Crippen molar-refractivity contribution < 1.29 is 0 Å². The molecule has 0 aliphatic heterocycles. The SMILES string of the molecule is CSC1(CNCc2cccc3cc[nH]c23)CCC1. The van der Waals surface area contributed by atoms with Gasteiger partial charge in [0.15, 0.2) is 0 Å². The molecule has 1 heterocycles. The van der Waals surface area contributed by atoms with Gasteiger partial charge in [-0.15, -0.1) is 0 Å². The van der Waals surface area contributed by atoms with Gasteiger partial charge in [-0.2, -0.15) is 11.8 Å². The maximum absolute atomic E-state index is 3.64. The zero-order chi connectivity index (χ0) is 12.4. The summed E-state index contributed by atoms with van der Waals surface area (Å²) in [6, 6.07) is 8.64. The molecule has 2 nitrogen and oxygen atoms in total. The molecule has 1 aliphatic rings. The number of nitrogens with one attached hydrogen (secondary N) is 2. The average molecular weight is 260 g/mol. The Bertz CT molecular complexity index is 523. The molecule has 0 amide bonds. The van der Waals surface area contributed by atoms with Crippen LogP contribution in [0.15, 0.2) is 30.5 Å². The number of thioether (sulfide) groups is 1. The minimum absolute atomic E-state index is 0.517. The van der Waals surface area contributed by atoms with Crippen LogP contribution >= 0.6 is 11.8 Å². The highest BCUT2D eigenvalue weighted by Crippen LogP contribution is 2.42. The summed E-state index contributed by atoms with van der Waals surface area (Å²) in [5, 5.41) is 4.94. The van der Waals surface area contributed by atoms with E-state index in [1.807, 2.05) is 18.0 Å². The number of H-pyrrole nitrogens is 1. The number of fused-ring (bicyclic) bond motifs is 1. The molecule has 1 aromatic carbocycles. The first-order chi connectivity index (χ1) is 8.83.